The summed E-state index contributed by atoms with van der Waals surface area (Å²) in [6.45, 7) is 3.37. The van der Waals surface area contributed by atoms with E-state index in [0.717, 1.165) is 12.8 Å². The molecule has 190 valence electrons. The fraction of sp³-hybridized carbons (Fsp3) is 0.393. The number of carbonyl (C=O) groups excluding carboxylic acids is 3. The monoisotopic (exact) mass is 491 g/mol. The number of aliphatic hydroxyl groups is 1. The summed E-state index contributed by atoms with van der Waals surface area (Å²) in [6.07, 6.45) is 2.21. The van der Waals surface area contributed by atoms with Gasteiger partial charge in [-0.15, -0.1) is 0 Å². The van der Waals surface area contributed by atoms with Gasteiger partial charge in [0, 0.05) is 24.2 Å². The first kappa shape index (κ1) is 25.4. The van der Waals surface area contributed by atoms with Crippen LogP contribution in [0.1, 0.15) is 37.3 Å². The number of anilines is 1. The summed E-state index contributed by atoms with van der Waals surface area (Å²) in [5.41, 5.74) is -0.353. The van der Waals surface area contributed by atoms with E-state index in [2.05, 4.69) is 0 Å². The Labute approximate surface area is 211 Å². The van der Waals surface area contributed by atoms with Crippen molar-refractivity contribution in [2.45, 2.75) is 31.7 Å². The van der Waals surface area contributed by atoms with Gasteiger partial charge in [0.25, 0.3) is 17.6 Å². The third-order valence-electron chi connectivity index (χ3n) is 6.90. The minimum absolute atomic E-state index is 0.182. The fourth-order valence-electron chi connectivity index (χ4n) is 5.14. The van der Waals surface area contributed by atoms with Crippen molar-refractivity contribution in [3.8, 4) is 5.75 Å². The van der Waals surface area contributed by atoms with Gasteiger partial charge >= 0.3 is 0 Å². The standard InChI is InChI=1S/C28H33N3O5/c1-5-6-17-30-22-11-8-7-10-21(22)28(27(30)35)23(24(32)19-12-14-20(36-4)15-13-19)25(33)26(34)31(28)18-9-16-29(2)3/h7-8,10-15,32H,5-6,9,16-18H2,1-4H3/b24-23+. The van der Waals surface area contributed by atoms with E-state index in [0.29, 0.717) is 42.1 Å². The number of likely N-dealkylation sites (tertiary alicyclic amines) is 1. The van der Waals surface area contributed by atoms with Gasteiger partial charge in [-0.2, -0.15) is 0 Å². The molecule has 0 aliphatic carbocycles. The van der Waals surface area contributed by atoms with Crippen molar-refractivity contribution in [3.05, 3.63) is 65.2 Å². The molecule has 2 aliphatic rings. The Kier molecular flexibility index (Phi) is 7.17. The highest BCUT2D eigenvalue weighted by Crippen LogP contribution is 2.53. The summed E-state index contributed by atoms with van der Waals surface area (Å²) in [5, 5.41) is 11.5. The quantitative estimate of drug-likeness (QED) is 0.329. The Hall–Kier alpha value is -3.65. The highest BCUT2D eigenvalue weighted by molar-refractivity contribution is 6.50. The molecular weight excluding hydrogens is 458 g/mol. The molecule has 1 saturated heterocycles. The number of unbranched alkanes of at least 4 members (excludes halogenated alkanes) is 1. The van der Waals surface area contributed by atoms with Gasteiger partial charge < -0.3 is 24.5 Å². The molecular formula is C28H33N3O5. The number of rotatable bonds is 9. The number of hydrogen-bond donors (Lipinski definition) is 1. The van der Waals surface area contributed by atoms with Crippen molar-refractivity contribution in [3.63, 3.8) is 0 Å². The number of nitrogens with zero attached hydrogens (tertiary/aromatic N) is 3. The summed E-state index contributed by atoms with van der Waals surface area (Å²) in [5.74, 6) is -1.79. The lowest BCUT2D eigenvalue weighted by molar-refractivity contribution is -0.143. The van der Waals surface area contributed by atoms with Gasteiger partial charge in [-0.1, -0.05) is 31.5 Å². The number of benzene rings is 2. The zero-order valence-corrected chi connectivity index (χ0v) is 21.3. The van der Waals surface area contributed by atoms with Crippen LogP contribution in [-0.4, -0.2) is 73.3 Å². The van der Waals surface area contributed by atoms with E-state index in [1.54, 1.807) is 41.3 Å². The number of hydrogen-bond acceptors (Lipinski definition) is 6. The number of fused-ring (bicyclic) bond motifs is 2. The van der Waals surface area contributed by atoms with Crippen LogP contribution in [0.25, 0.3) is 5.76 Å². The van der Waals surface area contributed by atoms with Crippen molar-refractivity contribution in [2.24, 2.45) is 0 Å². The van der Waals surface area contributed by atoms with Crippen LogP contribution in [0.5, 0.6) is 5.75 Å². The second-order valence-electron chi connectivity index (χ2n) is 9.43. The molecule has 2 amide bonds. The van der Waals surface area contributed by atoms with Gasteiger partial charge in [0.15, 0.2) is 5.54 Å². The average Bonchev–Trinajstić information content (AvgIpc) is 3.25. The topological polar surface area (TPSA) is 90.4 Å². The van der Waals surface area contributed by atoms with Crippen LogP contribution >= 0.6 is 0 Å². The maximum atomic E-state index is 14.3. The maximum absolute atomic E-state index is 14.3. The van der Waals surface area contributed by atoms with Crippen molar-refractivity contribution in [1.82, 2.24) is 9.80 Å². The van der Waals surface area contributed by atoms with Crippen LogP contribution in [0.3, 0.4) is 0 Å². The van der Waals surface area contributed by atoms with Crippen molar-refractivity contribution >= 4 is 29.0 Å². The molecule has 2 aliphatic heterocycles. The predicted molar refractivity (Wildman–Crippen MR) is 138 cm³/mol. The highest BCUT2D eigenvalue weighted by atomic mass is 16.5. The van der Waals surface area contributed by atoms with Gasteiger partial charge in [0.05, 0.1) is 18.4 Å². The Bertz CT molecular complexity index is 1200. The molecule has 2 aromatic rings. The minimum atomic E-state index is -1.71. The van der Waals surface area contributed by atoms with Crippen molar-refractivity contribution in [1.29, 1.82) is 0 Å². The lowest BCUT2D eigenvalue weighted by Crippen LogP contribution is -2.52. The lowest BCUT2D eigenvalue weighted by atomic mass is 9.82. The predicted octanol–water partition coefficient (Wildman–Crippen LogP) is 3.37. The number of carbonyl (C=O) groups is 3. The molecule has 8 nitrogen and oxygen atoms in total. The van der Waals surface area contributed by atoms with Gasteiger partial charge in [0.2, 0.25) is 0 Å². The summed E-state index contributed by atoms with van der Waals surface area (Å²) in [4.78, 5) is 46.4. The molecule has 1 N–H and O–H groups in total. The molecule has 36 heavy (non-hydrogen) atoms. The average molecular weight is 492 g/mol. The van der Waals surface area contributed by atoms with Gasteiger partial charge in [0.1, 0.15) is 11.5 Å². The normalized spacial score (nSPS) is 20.6. The zero-order chi connectivity index (χ0) is 26.0. The molecule has 0 saturated carbocycles. The van der Waals surface area contributed by atoms with E-state index < -0.39 is 17.2 Å². The molecule has 1 fully saturated rings. The van der Waals surface area contributed by atoms with Gasteiger partial charge in [-0.05, 0) is 63.8 Å². The largest absolute Gasteiger partial charge is 0.507 e. The Balaban J connectivity index is 1.96. The molecule has 0 aromatic heterocycles. The van der Waals surface area contributed by atoms with Crippen LogP contribution in [-0.2, 0) is 19.9 Å². The van der Waals surface area contributed by atoms with Crippen molar-refractivity contribution in [2.75, 3.05) is 45.7 Å². The Morgan fingerprint density at radius 3 is 2.33 bits per heavy atom. The SMILES string of the molecule is CCCCN1C(=O)C2(/C(=C(/O)c3ccc(OC)cc3)C(=O)C(=O)N2CCCN(C)C)c2ccccc21. The number of para-hydroxylation sites is 1. The zero-order valence-electron chi connectivity index (χ0n) is 21.3. The number of Topliss-reactive ketones (excluding diaryl/α,β-unsaturated/α-hetero) is 1. The van der Waals surface area contributed by atoms with E-state index in [9.17, 15) is 19.5 Å². The van der Waals surface area contributed by atoms with Crippen LogP contribution < -0.4 is 9.64 Å². The summed E-state index contributed by atoms with van der Waals surface area (Å²) in [6, 6.07) is 13.8. The molecule has 2 heterocycles. The third-order valence-corrected chi connectivity index (χ3v) is 6.90. The van der Waals surface area contributed by atoms with E-state index in [-0.39, 0.29) is 23.8 Å². The Morgan fingerprint density at radius 1 is 1.00 bits per heavy atom. The smallest absolute Gasteiger partial charge is 0.296 e. The molecule has 1 spiro atoms. The molecule has 2 aromatic carbocycles. The van der Waals surface area contributed by atoms with Crippen LogP contribution in [0.15, 0.2) is 54.1 Å². The van der Waals surface area contributed by atoms with Crippen LogP contribution in [0, 0.1) is 0 Å². The number of aliphatic hydroxyl groups excluding tert-OH is 1. The van der Waals surface area contributed by atoms with Gasteiger partial charge in [-0.25, -0.2) is 0 Å². The summed E-state index contributed by atoms with van der Waals surface area (Å²) < 4.78 is 5.21. The van der Waals surface area contributed by atoms with E-state index in [1.807, 2.05) is 38.1 Å². The molecule has 0 bridgehead atoms. The summed E-state index contributed by atoms with van der Waals surface area (Å²) >= 11 is 0. The van der Waals surface area contributed by atoms with Crippen molar-refractivity contribution < 1.29 is 24.2 Å². The highest BCUT2D eigenvalue weighted by Gasteiger charge is 2.66. The molecule has 1 atom stereocenters. The number of amides is 2. The second-order valence-corrected chi connectivity index (χ2v) is 9.43. The molecule has 1 unspecified atom stereocenters. The minimum Gasteiger partial charge on any atom is -0.507 e. The first-order valence-corrected chi connectivity index (χ1v) is 12.3. The van der Waals surface area contributed by atoms with E-state index in [4.69, 9.17) is 4.74 Å². The first-order valence-electron chi connectivity index (χ1n) is 12.3. The van der Waals surface area contributed by atoms with E-state index in [1.165, 1.54) is 12.0 Å². The second kappa shape index (κ2) is 10.1. The number of ether oxygens (including phenoxy) is 1. The van der Waals surface area contributed by atoms with Crippen LogP contribution in [0.2, 0.25) is 0 Å². The number of methoxy groups -OCH3 is 1. The molecule has 8 heteroatoms. The first-order chi connectivity index (χ1) is 17.3. The molecule has 4 rings (SSSR count). The fourth-order valence-corrected chi connectivity index (χ4v) is 5.14. The lowest BCUT2D eigenvalue weighted by Gasteiger charge is -2.34. The Morgan fingerprint density at radius 2 is 1.69 bits per heavy atom. The maximum Gasteiger partial charge on any atom is 0.296 e. The third kappa shape index (κ3) is 3.95. The summed E-state index contributed by atoms with van der Waals surface area (Å²) in [7, 11) is 5.39. The van der Waals surface area contributed by atoms with Gasteiger partial charge in [-0.3, -0.25) is 14.4 Å². The van der Waals surface area contributed by atoms with Crippen LogP contribution in [0.4, 0.5) is 5.69 Å². The number of ketones is 1. The van der Waals surface area contributed by atoms with E-state index >= 15 is 0 Å². The molecule has 0 radical (unpaired) electrons.